The van der Waals surface area contributed by atoms with Crippen molar-refractivity contribution in [1.82, 2.24) is 20.0 Å². The molecule has 0 unspecified atom stereocenters. The molecule has 206 valence electrons. The summed E-state index contributed by atoms with van der Waals surface area (Å²) in [5, 5.41) is 8.67. The molecule has 5 rings (SSSR count). The van der Waals surface area contributed by atoms with E-state index in [2.05, 4.69) is 10.4 Å². The molecule has 0 saturated carbocycles. The lowest BCUT2D eigenvalue weighted by Gasteiger charge is -2.32. The summed E-state index contributed by atoms with van der Waals surface area (Å²) < 4.78 is 21.7. The molecule has 2 aromatic carbocycles. The van der Waals surface area contributed by atoms with E-state index in [-0.39, 0.29) is 23.4 Å². The zero-order valence-corrected chi connectivity index (χ0v) is 22.9. The molecule has 3 aromatic rings. The van der Waals surface area contributed by atoms with Gasteiger partial charge in [0.05, 0.1) is 13.0 Å². The van der Waals surface area contributed by atoms with E-state index in [9.17, 15) is 9.59 Å². The summed E-state index contributed by atoms with van der Waals surface area (Å²) in [6.07, 6.45) is 1.73. The average Bonchev–Trinajstić information content (AvgIpc) is 3.35. The minimum atomic E-state index is -0.460. The van der Waals surface area contributed by atoms with Crippen LogP contribution < -0.4 is 20.5 Å². The van der Waals surface area contributed by atoms with Gasteiger partial charge in [-0.05, 0) is 48.2 Å². The minimum Gasteiger partial charge on any atom is -0.497 e. The molecular weight excluding hydrogens is 521 g/mol. The number of carbonyl (C=O) groups is 1. The summed E-state index contributed by atoms with van der Waals surface area (Å²) in [7, 11) is 3.09. The molecule has 2 aliphatic rings. The van der Waals surface area contributed by atoms with Gasteiger partial charge < -0.3 is 19.9 Å². The Morgan fingerprint density at radius 2 is 1.90 bits per heavy atom. The number of aryl methyl sites for hydroxylation is 1. The highest BCUT2D eigenvalue weighted by Gasteiger charge is 2.42. The van der Waals surface area contributed by atoms with E-state index in [1.165, 1.54) is 29.5 Å². The Morgan fingerprint density at radius 1 is 1.10 bits per heavy atom. The van der Waals surface area contributed by atoms with Crippen LogP contribution in [0.1, 0.15) is 35.9 Å². The lowest BCUT2D eigenvalue weighted by atomic mass is 9.87. The lowest BCUT2D eigenvalue weighted by molar-refractivity contribution is -0.135. The van der Waals surface area contributed by atoms with E-state index < -0.39 is 11.7 Å². The Bertz CT molecular complexity index is 1370. The highest BCUT2D eigenvalue weighted by molar-refractivity contribution is 6.30. The van der Waals surface area contributed by atoms with Crippen LogP contribution in [0.15, 0.2) is 59.4 Å². The van der Waals surface area contributed by atoms with Crippen LogP contribution in [0.4, 0.5) is 10.2 Å². The topological polar surface area (TPSA) is 79.7 Å². The van der Waals surface area contributed by atoms with Crippen LogP contribution in [-0.2, 0) is 11.8 Å². The van der Waals surface area contributed by atoms with Crippen molar-refractivity contribution in [3.8, 4) is 5.75 Å². The minimum absolute atomic E-state index is 0.00859. The number of aromatic nitrogens is 2. The molecule has 1 aromatic heterocycles. The van der Waals surface area contributed by atoms with Crippen molar-refractivity contribution in [2.75, 3.05) is 44.7 Å². The monoisotopic (exact) mass is 553 g/mol. The second-order valence-electron chi connectivity index (χ2n) is 10.2. The fourth-order valence-corrected chi connectivity index (χ4v) is 5.78. The van der Waals surface area contributed by atoms with Crippen LogP contribution in [0.5, 0.6) is 5.75 Å². The number of halogens is 2. The first-order chi connectivity index (χ1) is 18.8. The van der Waals surface area contributed by atoms with Crippen molar-refractivity contribution in [2.24, 2.45) is 13.0 Å². The average molecular weight is 554 g/mol. The third-order valence-corrected chi connectivity index (χ3v) is 8.04. The van der Waals surface area contributed by atoms with Crippen molar-refractivity contribution in [1.29, 1.82) is 0 Å². The van der Waals surface area contributed by atoms with Gasteiger partial charge >= 0.3 is 0 Å². The predicted octanol–water partition coefficient (Wildman–Crippen LogP) is 3.75. The summed E-state index contributed by atoms with van der Waals surface area (Å²) in [4.78, 5) is 29.8. The quantitative estimate of drug-likeness (QED) is 0.518. The van der Waals surface area contributed by atoms with E-state index in [1.54, 1.807) is 25.2 Å². The number of nitrogens with one attached hydrogen (secondary N) is 1. The number of hydrogen-bond acceptors (Lipinski definition) is 6. The highest BCUT2D eigenvalue weighted by Crippen LogP contribution is 2.38. The number of carbonyl (C=O) groups excluding carboxylic acids is 1. The van der Waals surface area contributed by atoms with Crippen molar-refractivity contribution in [2.45, 2.75) is 24.8 Å². The number of amides is 1. The molecule has 1 N–H and O–H groups in total. The van der Waals surface area contributed by atoms with E-state index in [0.29, 0.717) is 54.9 Å². The Morgan fingerprint density at radius 3 is 2.62 bits per heavy atom. The summed E-state index contributed by atoms with van der Waals surface area (Å²) >= 11 is 6.05. The second-order valence-corrected chi connectivity index (χ2v) is 10.6. The molecule has 0 aliphatic carbocycles. The van der Waals surface area contributed by atoms with E-state index in [0.717, 1.165) is 12.8 Å². The maximum absolute atomic E-state index is 15.3. The van der Waals surface area contributed by atoms with E-state index in [4.69, 9.17) is 16.3 Å². The molecule has 2 saturated heterocycles. The van der Waals surface area contributed by atoms with Crippen LogP contribution >= 0.6 is 11.6 Å². The predicted molar refractivity (Wildman–Crippen MR) is 149 cm³/mol. The molecular formula is C29H33ClFN5O3. The Balaban J connectivity index is 1.36. The van der Waals surface area contributed by atoms with Gasteiger partial charge in [0.15, 0.2) is 0 Å². The first-order valence-corrected chi connectivity index (χ1v) is 13.6. The number of methoxy groups -OCH3 is 1. The number of ether oxygens (including phenoxy) is 1. The standard InChI is InChI=1S/C29H33ClFN5O3/c1-34-28(37)12-11-27(33-34)36-17-23(22-10-9-21(39-2)16-25(22)31)24(18-36)29(38)35-14-3-4-26(32-13-15-35)19-5-7-20(30)8-6-19/h5-12,16,23-24,26,32H,3-4,13-15,17-18H2,1-2H3/t23-,24+,26-/m0/s1. The summed E-state index contributed by atoms with van der Waals surface area (Å²) in [5.41, 5.74) is 1.45. The fourth-order valence-electron chi connectivity index (χ4n) is 5.66. The number of benzene rings is 2. The molecule has 3 atom stereocenters. The van der Waals surface area contributed by atoms with E-state index in [1.807, 2.05) is 34.1 Å². The Kier molecular flexibility index (Phi) is 8.18. The number of rotatable bonds is 5. The zero-order chi connectivity index (χ0) is 27.5. The lowest BCUT2D eigenvalue weighted by Crippen LogP contribution is -2.45. The molecule has 3 heterocycles. The molecule has 10 heteroatoms. The maximum Gasteiger partial charge on any atom is 0.266 e. The van der Waals surface area contributed by atoms with Crippen molar-refractivity contribution < 1.29 is 13.9 Å². The third-order valence-electron chi connectivity index (χ3n) is 7.79. The highest BCUT2D eigenvalue weighted by atomic mass is 35.5. The first-order valence-electron chi connectivity index (χ1n) is 13.2. The second kappa shape index (κ2) is 11.8. The normalized spacial score (nSPS) is 21.9. The Labute approximate surface area is 232 Å². The summed E-state index contributed by atoms with van der Waals surface area (Å²) in [5.74, 6) is -0.201. The largest absolute Gasteiger partial charge is 0.497 e. The van der Waals surface area contributed by atoms with Crippen LogP contribution in [0.3, 0.4) is 0 Å². The van der Waals surface area contributed by atoms with Crippen LogP contribution in [0.25, 0.3) is 0 Å². The zero-order valence-electron chi connectivity index (χ0n) is 22.1. The number of nitrogens with zero attached hydrogens (tertiary/aromatic N) is 4. The summed E-state index contributed by atoms with van der Waals surface area (Å²) in [6.45, 7) is 2.65. The van der Waals surface area contributed by atoms with Gasteiger partial charge in [0.1, 0.15) is 17.4 Å². The number of anilines is 1. The van der Waals surface area contributed by atoms with Gasteiger partial charge in [-0.25, -0.2) is 9.07 Å². The van der Waals surface area contributed by atoms with Gasteiger partial charge in [-0.3, -0.25) is 9.59 Å². The van der Waals surface area contributed by atoms with Gasteiger partial charge in [0.25, 0.3) is 5.56 Å². The van der Waals surface area contributed by atoms with Gasteiger partial charge in [0.2, 0.25) is 5.91 Å². The van der Waals surface area contributed by atoms with Crippen molar-refractivity contribution >= 4 is 23.3 Å². The summed E-state index contributed by atoms with van der Waals surface area (Å²) in [6, 6.07) is 16.0. The molecule has 0 spiro atoms. The SMILES string of the molecule is COc1ccc([C@@H]2CN(c3ccc(=O)n(C)n3)C[C@H]2C(=O)N2CCC[C@@H](c3ccc(Cl)cc3)NCC2)c(F)c1. The van der Waals surface area contributed by atoms with Crippen molar-refractivity contribution in [3.05, 3.63) is 86.9 Å². The van der Waals surface area contributed by atoms with Gasteiger partial charge in [-0.2, -0.15) is 5.10 Å². The molecule has 8 nitrogen and oxygen atoms in total. The smallest absolute Gasteiger partial charge is 0.266 e. The maximum atomic E-state index is 15.3. The Hall–Kier alpha value is -3.43. The van der Waals surface area contributed by atoms with Gasteiger partial charge in [-0.1, -0.05) is 29.8 Å². The molecule has 0 radical (unpaired) electrons. The van der Waals surface area contributed by atoms with Crippen LogP contribution in [-0.4, -0.2) is 60.4 Å². The van der Waals surface area contributed by atoms with Crippen LogP contribution in [0.2, 0.25) is 5.02 Å². The van der Waals surface area contributed by atoms with E-state index >= 15 is 4.39 Å². The van der Waals surface area contributed by atoms with Crippen LogP contribution in [0, 0.1) is 11.7 Å². The molecule has 1 amide bonds. The van der Waals surface area contributed by atoms with Gasteiger partial charge in [0, 0.05) is 68.9 Å². The number of hydrogen-bond donors (Lipinski definition) is 1. The molecule has 2 fully saturated rings. The molecule has 2 aliphatic heterocycles. The molecule has 39 heavy (non-hydrogen) atoms. The third kappa shape index (κ3) is 5.94. The fraction of sp³-hybridized carbons (Fsp3) is 0.414. The van der Waals surface area contributed by atoms with Crippen molar-refractivity contribution in [3.63, 3.8) is 0 Å². The first kappa shape index (κ1) is 27.1. The molecule has 0 bridgehead atoms. The van der Waals surface area contributed by atoms with Gasteiger partial charge in [-0.15, -0.1) is 0 Å².